The molecule has 2 unspecified atom stereocenters. The number of hydrogen-bond donors (Lipinski definition) is 2. The van der Waals surface area contributed by atoms with E-state index in [1.54, 1.807) is 0 Å². The number of hydrogen-bond acceptors (Lipinski definition) is 4. The highest BCUT2D eigenvalue weighted by molar-refractivity contribution is 5.68. The maximum absolute atomic E-state index is 12.3. The molecule has 5 heteroatoms. The molecule has 0 radical (unpaired) electrons. The van der Waals surface area contributed by atoms with Crippen LogP contribution >= 0.6 is 0 Å². The van der Waals surface area contributed by atoms with Crippen LogP contribution in [0.2, 0.25) is 0 Å². The number of rotatable bonds is 4. The van der Waals surface area contributed by atoms with Gasteiger partial charge in [-0.2, -0.15) is 0 Å². The topological polar surface area (TPSA) is 61.8 Å². The standard InChI is InChI=1S/C17H32N2O3/c1-16(2,3)22-15(21)19-11-9-17(13-19)8-5-4-7-14(17)18-10-6-12-20/h14,18,20H,4-13H2,1-3H3. The van der Waals surface area contributed by atoms with Crippen molar-refractivity contribution in [3.63, 3.8) is 0 Å². The maximum Gasteiger partial charge on any atom is 0.410 e. The van der Waals surface area contributed by atoms with Gasteiger partial charge in [-0.1, -0.05) is 12.8 Å². The van der Waals surface area contributed by atoms with Crippen LogP contribution in [0.25, 0.3) is 0 Å². The number of amides is 1. The fraction of sp³-hybridized carbons (Fsp3) is 0.941. The first kappa shape index (κ1) is 17.5. The van der Waals surface area contributed by atoms with Crippen LogP contribution in [-0.2, 0) is 4.74 Å². The summed E-state index contributed by atoms with van der Waals surface area (Å²) < 4.78 is 5.52. The zero-order chi connectivity index (χ0) is 16.2. The van der Waals surface area contributed by atoms with Crippen LogP contribution in [0.4, 0.5) is 4.79 Å². The first-order valence-electron chi connectivity index (χ1n) is 8.68. The van der Waals surface area contributed by atoms with Gasteiger partial charge >= 0.3 is 6.09 Å². The molecule has 2 N–H and O–H groups in total. The average molecular weight is 312 g/mol. The molecular formula is C17H32N2O3. The Labute approximate surface area is 134 Å². The van der Waals surface area contributed by atoms with Crippen molar-refractivity contribution in [2.45, 2.75) is 70.9 Å². The molecule has 0 aromatic rings. The minimum atomic E-state index is -0.432. The van der Waals surface area contributed by atoms with Gasteiger partial charge in [0.2, 0.25) is 0 Å². The van der Waals surface area contributed by atoms with E-state index >= 15 is 0 Å². The van der Waals surface area contributed by atoms with Crippen molar-refractivity contribution in [2.24, 2.45) is 5.41 Å². The van der Waals surface area contributed by atoms with Crippen molar-refractivity contribution >= 4 is 6.09 Å². The van der Waals surface area contributed by atoms with E-state index < -0.39 is 5.60 Å². The molecule has 1 aliphatic carbocycles. The van der Waals surface area contributed by atoms with E-state index in [-0.39, 0.29) is 18.1 Å². The Morgan fingerprint density at radius 1 is 1.36 bits per heavy atom. The van der Waals surface area contributed by atoms with Crippen molar-refractivity contribution in [1.29, 1.82) is 0 Å². The highest BCUT2D eigenvalue weighted by Gasteiger charge is 2.47. The van der Waals surface area contributed by atoms with E-state index in [0.29, 0.717) is 6.04 Å². The molecule has 0 aromatic carbocycles. The summed E-state index contributed by atoms with van der Waals surface area (Å²) >= 11 is 0. The quantitative estimate of drug-likeness (QED) is 0.783. The van der Waals surface area contributed by atoms with Gasteiger partial charge in [0.05, 0.1) is 0 Å². The van der Waals surface area contributed by atoms with Crippen molar-refractivity contribution in [2.75, 3.05) is 26.2 Å². The smallest absolute Gasteiger partial charge is 0.410 e. The molecule has 0 aromatic heterocycles. The summed E-state index contributed by atoms with van der Waals surface area (Å²) in [5.41, 5.74) is -0.233. The lowest BCUT2D eigenvalue weighted by atomic mass is 9.69. The predicted molar refractivity (Wildman–Crippen MR) is 86.8 cm³/mol. The molecule has 1 saturated carbocycles. The fourth-order valence-corrected chi connectivity index (χ4v) is 3.85. The summed E-state index contributed by atoms with van der Waals surface area (Å²) in [6, 6.07) is 0.459. The molecule has 1 saturated heterocycles. The number of likely N-dealkylation sites (tertiary alicyclic amines) is 1. The highest BCUT2D eigenvalue weighted by Crippen LogP contribution is 2.44. The third kappa shape index (κ3) is 4.35. The Hall–Kier alpha value is -0.810. The molecule has 5 nitrogen and oxygen atoms in total. The molecule has 128 valence electrons. The van der Waals surface area contributed by atoms with E-state index in [0.717, 1.165) is 32.5 Å². The molecule has 2 rings (SSSR count). The van der Waals surface area contributed by atoms with Crippen LogP contribution in [0.5, 0.6) is 0 Å². The number of carbonyl (C=O) groups is 1. The molecule has 1 amide bonds. The van der Waals surface area contributed by atoms with E-state index in [4.69, 9.17) is 9.84 Å². The second kappa shape index (κ2) is 7.18. The molecule has 2 fully saturated rings. The summed E-state index contributed by atoms with van der Waals surface area (Å²) in [7, 11) is 0. The van der Waals surface area contributed by atoms with Gasteiger partial charge in [-0.3, -0.25) is 0 Å². The summed E-state index contributed by atoms with van der Waals surface area (Å²) in [5, 5.41) is 12.6. The first-order valence-corrected chi connectivity index (χ1v) is 8.68. The van der Waals surface area contributed by atoms with Gasteiger partial charge < -0.3 is 20.1 Å². The molecule has 2 aliphatic rings. The molecule has 1 spiro atoms. The van der Waals surface area contributed by atoms with Gasteiger partial charge in [-0.05, 0) is 53.0 Å². The molecule has 1 aliphatic heterocycles. The number of carbonyl (C=O) groups excluding carboxylic acids is 1. The van der Waals surface area contributed by atoms with Gasteiger partial charge in [0, 0.05) is 31.2 Å². The Morgan fingerprint density at radius 3 is 2.82 bits per heavy atom. The molecule has 1 heterocycles. The van der Waals surface area contributed by atoms with Crippen LogP contribution < -0.4 is 5.32 Å². The van der Waals surface area contributed by atoms with Crippen LogP contribution in [0, 0.1) is 5.41 Å². The van der Waals surface area contributed by atoms with Gasteiger partial charge in [0.1, 0.15) is 5.60 Å². The highest BCUT2D eigenvalue weighted by atomic mass is 16.6. The van der Waals surface area contributed by atoms with Crippen molar-refractivity contribution < 1.29 is 14.6 Å². The van der Waals surface area contributed by atoms with Crippen LogP contribution in [0.15, 0.2) is 0 Å². The van der Waals surface area contributed by atoms with Gasteiger partial charge in [0.15, 0.2) is 0 Å². The third-order valence-electron chi connectivity index (χ3n) is 4.92. The van der Waals surface area contributed by atoms with Crippen molar-refractivity contribution in [3.05, 3.63) is 0 Å². The number of ether oxygens (including phenoxy) is 1. The van der Waals surface area contributed by atoms with E-state index in [1.165, 1.54) is 25.7 Å². The summed E-state index contributed by atoms with van der Waals surface area (Å²) in [6.45, 7) is 8.43. The van der Waals surface area contributed by atoms with Gasteiger partial charge in [0.25, 0.3) is 0 Å². The first-order chi connectivity index (χ1) is 10.4. The zero-order valence-corrected chi connectivity index (χ0v) is 14.4. The molecule has 2 atom stereocenters. The van der Waals surface area contributed by atoms with Crippen LogP contribution in [0.1, 0.15) is 59.3 Å². The van der Waals surface area contributed by atoms with Gasteiger partial charge in [-0.15, -0.1) is 0 Å². The normalized spacial score (nSPS) is 29.1. The van der Waals surface area contributed by atoms with Crippen LogP contribution in [-0.4, -0.2) is 54.0 Å². The lowest BCUT2D eigenvalue weighted by molar-refractivity contribution is 0.0247. The van der Waals surface area contributed by atoms with Crippen LogP contribution in [0.3, 0.4) is 0 Å². The van der Waals surface area contributed by atoms with E-state index in [1.807, 2.05) is 25.7 Å². The Kier molecular flexibility index (Phi) is 5.72. The molecule has 0 bridgehead atoms. The third-order valence-corrected chi connectivity index (χ3v) is 4.92. The maximum atomic E-state index is 12.3. The van der Waals surface area contributed by atoms with E-state index in [9.17, 15) is 4.79 Å². The summed E-state index contributed by atoms with van der Waals surface area (Å²) in [5.74, 6) is 0. The lowest BCUT2D eigenvalue weighted by Crippen LogP contribution is -2.50. The Morgan fingerprint density at radius 2 is 2.14 bits per heavy atom. The predicted octanol–water partition coefficient (Wildman–Crippen LogP) is 2.53. The van der Waals surface area contributed by atoms with Crippen molar-refractivity contribution in [1.82, 2.24) is 10.2 Å². The second-order valence-corrected chi connectivity index (χ2v) is 7.84. The minimum absolute atomic E-state index is 0.177. The number of nitrogens with one attached hydrogen (secondary N) is 1. The zero-order valence-electron chi connectivity index (χ0n) is 14.4. The number of aliphatic hydroxyl groups excluding tert-OH is 1. The molecular weight excluding hydrogens is 280 g/mol. The van der Waals surface area contributed by atoms with Crippen molar-refractivity contribution in [3.8, 4) is 0 Å². The fourth-order valence-electron chi connectivity index (χ4n) is 3.85. The largest absolute Gasteiger partial charge is 0.444 e. The lowest BCUT2D eigenvalue weighted by Gasteiger charge is -2.42. The van der Waals surface area contributed by atoms with E-state index in [2.05, 4.69) is 5.32 Å². The molecule has 22 heavy (non-hydrogen) atoms. The summed E-state index contributed by atoms with van der Waals surface area (Å²) in [4.78, 5) is 14.2. The SMILES string of the molecule is CC(C)(C)OC(=O)N1CCC2(CCCCC2NCCCO)C1. The number of nitrogens with zero attached hydrogens (tertiary/aromatic N) is 1. The Balaban J connectivity index is 1.96. The monoisotopic (exact) mass is 312 g/mol. The average Bonchev–Trinajstić information content (AvgIpc) is 2.85. The second-order valence-electron chi connectivity index (χ2n) is 7.84. The summed E-state index contributed by atoms with van der Waals surface area (Å²) in [6.07, 6.45) is 6.54. The number of aliphatic hydroxyl groups is 1. The minimum Gasteiger partial charge on any atom is -0.444 e. The van der Waals surface area contributed by atoms with Gasteiger partial charge in [-0.25, -0.2) is 4.79 Å². The Bertz CT molecular complexity index is 381.